The molecule has 27 rings (SSSR count). The molecule has 22 saturated heterocycles. The Morgan fingerprint density at radius 1 is 0.389 bits per heavy atom. The van der Waals surface area contributed by atoms with Gasteiger partial charge in [0.2, 0.25) is 5.91 Å². The Kier molecular flexibility index (Phi) is 28.2. The smallest absolute Gasteiger partial charge is 0.220 e. The number of ether oxygens (including phenoxy) is 15. The Morgan fingerprint density at radius 2 is 0.708 bits per heavy atom. The van der Waals surface area contributed by atoms with E-state index in [1.807, 2.05) is 0 Å². The number of benzene rings is 4. The normalized spacial score (nSPS) is 44.1. The molecule has 632 valence electrons. The monoisotopic (exact) mass is 1620 g/mol. The highest BCUT2D eigenvalue weighted by molar-refractivity contribution is 6.23. The maximum absolute atomic E-state index is 11.9. The fraction of sp³-hybridized carbons (Fsp3) is 0.732. The average molecular weight is 1620 g/mol. The Morgan fingerprint density at radius 3 is 1.04 bits per heavy atom. The molecule has 0 unspecified atom stereocenters. The molecule has 22 aliphatic rings. The number of amides is 1. The molecule has 1 aromatic heterocycles. The van der Waals surface area contributed by atoms with Crippen LogP contribution in [-0.2, 0) is 88.8 Å². The van der Waals surface area contributed by atoms with Crippen LogP contribution in [0.2, 0.25) is 0 Å². The summed E-state index contributed by atoms with van der Waals surface area (Å²) in [5.41, 5.74) is 1.39. The number of aliphatic hydroxyl groups excluding tert-OH is 22. The zero-order valence-electron chi connectivity index (χ0n) is 60.6. The molecule has 113 heavy (non-hydrogen) atoms. The van der Waals surface area contributed by atoms with Gasteiger partial charge in [0.15, 0.2) is 44.0 Å². The Bertz CT molecular complexity index is 3830. The van der Waals surface area contributed by atoms with Crippen LogP contribution in [0.4, 0.5) is 0 Å². The van der Waals surface area contributed by atoms with Crippen molar-refractivity contribution >= 4 is 38.2 Å². The lowest BCUT2D eigenvalue weighted by molar-refractivity contribution is -0.396. The fourth-order valence-corrected chi connectivity index (χ4v) is 15.8. The summed E-state index contributed by atoms with van der Waals surface area (Å²) in [6, 6.07) is 19.6. The van der Waals surface area contributed by atoms with Gasteiger partial charge < -0.3 is 189 Å². The third-order valence-corrected chi connectivity index (χ3v) is 22.1. The zero-order valence-corrected chi connectivity index (χ0v) is 60.6. The number of aryl methyl sites for hydroxylation is 1. The first-order valence-electron chi connectivity index (χ1n) is 37.4. The van der Waals surface area contributed by atoms with Gasteiger partial charge in [-0.15, -0.1) is 5.10 Å². The zero-order chi connectivity index (χ0) is 80.7. The molecule has 0 saturated carbocycles. The molecule has 4 aromatic carbocycles. The maximum Gasteiger partial charge on any atom is 0.220 e. The molecule has 1 amide bonds. The van der Waals surface area contributed by atoms with Crippen molar-refractivity contribution in [1.82, 2.24) is 20.3 Å². The highest BCUT2D eigenvalue weighted by Crippen LogP contribution is 2.42. The molecule has 22 fully saturated rings. The summed E-state index contributed by atoms with van der Waals surface area (Å²) >= 11 is 0. The highest BCUT2D eigenvalue weighted by atomic mass is 16.8. The van der Waals surface area contributed by atoms with Gasteiger partial charge in [-0.2, -0.15) is 0 Å². The van der Waals surface area contributed by atoms with Crippen molar-refractivity contribution in [2.24, 2.45) is 0 Å². The van der Waals surface area contributed by atoms with Gasteiger partial charge in [-0.3, -0.25) is 4.79 Å². The van der Waals surface area contributed by atoms with Crippen LogP contribution in [0, 0.1) is 0 Å². The SMILES string of the molecule is CCCNC(=O)CCc1ccc2ccc3cccc4ccc1c2c34.OC[C@H]1O[C@@H]2O[C@H]3[C@H](O)[C@@H](O)[C@@H](O[C@H]4[C@H](O)[C@@H](O)[C@@H](O[C@H]5[C@H](O)[C@@H](O)[C@@H](O[C@H]6[C@H](O)[C@@H](O)[C@@H](O[C@H]7[C@H](O)[C@@H](O)[C@@H](O[C@H]8[C@H](O)[C@@H](O)[C@@H](O[C@H]1[C@H](O)[C@H]2O)O[C@@H]8CO)O[C@@H]7CO)O[C@@H]6CO)O[C@@H]5Cn1cc([C@H]2C[C@H](O)[C@@H](CO)O2)nn1)O[C@@H]4CO)O[C@@H]3CO. The molecular formula is C71H100N4O38. The van der Waals surface area contributed by atoms with Crippen molar-refractivity contribution in [3.63, 3.8) is 0 Å². The van der Waals surface area contributed by atoms with Crippen molar-refractivity contribution < 1.29 is 188 Å². The third-order valence-electron chi connectivity index (χ3n) is 22.1. The van der Waals surface area contributed by atoms with Gasteiger partial charge >= 0.3 is 0 Å². The summed E-state index contributed by atoms with van der Waals surface area (Å²) in [4.78, 5) is 11.9. The number of aliphatic hydroxyl groups is 22. The minimum atomic E-state index is -2.26. The van der Waals surface area contributed by atoms with E-state index in [0.29, 0.717) is 6.42 Å². The van der Waals surface area contributed by atoms with E-state index >= 15 is 0 Å². The third kappa shape index (κ3) is 17.5. The summed E-state index contributed by atoms with van der Waals surface area (Å²) in [6.45, 7) is -4.66. The number of hydrogen-bond acceptors (Lipinski definition) is 40. The molecule has 23 heterocycles. The average Bonchev–Trinajstić information content (AvgIpc) is 1.38. The molecule has 42 nitrogen and oxygen atoms in total. The Labute approximate surface area is 641 Å². The van der Waals surface area contributed by atoms with Crippen LogP contribution in [0.25, 0.3) is 32.3 Å². The summed E-state index contributed by atoms with van der Waals surface area (Å²) in [5, 5.41) is 263. The fourth-order valence-electron chi connectivity index (χ4n) is 15.8. The van der Waals surface area contributed by atoms with Crippen molar-refractivity contribution in [2.75, 3.05) is 52.8 Å². The molecule has 38 atom stereocenters. The predicted octanol–water partition coefficient (Wildman–Crippen LogP) is -10.7. The summed E-state index contributed by atoms with van der Waals surface area (Å²) in [6.07, 6.45) is -70.7. The van der Waals surface area contributed by atoms with Crippen LogP contribution in [0.15, 0.2) is 60.8 Å². The van der Waals surface area contributed by atoms with E-state index in [0.717, 1.165) is 24.1 Å². The second-order valence-electron chi connectivity index (χ2n) is 29.4. The van der Waals surface area contributed by atoms with E-state index in [2.05, 4.69) is 77.1 Å². The largest absolute Gasteiger partial charge is 0.394 e. The van der Waals surface area contributed by atoms with Gasteiger partial charge in [0.25, 0.3) is 0 Å². The van der Waals surface area contributed by atoms with E-state index in [1.165, 1.54) is 44.1 Å². The second-order valence-corrected chi connectivity index (χ2v) is 29.4. The van der Waals surface area contributed by atoms with Crippen LogP contribution in [0.1, 0.15) is 43.5 Å². The Hall–Kier alpha value is -4.95. The molecule has 23 N–H and O–H groups in total. The molecule has 0 aliphatic carbocycles. The molecule has 22 aliphatic heterocycles. The van der Waals surface area contributed by atoms with Crippen molar-refractivity contribution in [3.8, 4) is 0 Å². The van der Waals surface area contributed by atoms with Gasteiger partial charge in [-0.1, -0.05) is 66.7 Å². The van der Waals surface area contributed by atoms with Crippen LogP contribution in [0.5, 0.6) is 0 Å². The molecule has 14 bridgehead atoms. The van der Waals surface area contributed by atoms with Gasteiger partial charge in [-0.05, 0) is 50.7 Å². The predicted molar refractivity (Wildman–Crippen MR) is 368 cm³/mol. The number of carbonyl (C=O) groups excluding carboxylic acids is 1. The van der Waals surface area contributed by atoms with E-state index < -0.39 is 286 Å². The quantitative estimate of drug-likeness (QED) is 0.0433. The second kappa shape index (κ2) is 37.1. The van der Waals surface area contributed by atoms with E-state index in [-0.39, 0.29) is 18.0 Å². The summed E-state index contributed by atoms with van der Waals surface area (Å²) < 4.78 is 88.2. The van der Waals surface area contributed by atoms with Crippen LogP contribution in [0.3, 0.4) is 0 Å². The lowest BCUT2D eigenvalue weighted by atomic mass is 9.91. The van der Waals surface area contributed by atoms with Crippen molar-refractivity contribution in [3.05, 3.63) is 72.1 Å². The minimum absolute atomic E-state index is 0.0167. The Balaban J connectivity index is 0.000000392. The van der Waals surface area contributed by atoms with Crippen molar-refractivity contribution in [1.29, 1.82) is 0 Å². The number of hydrogen-bond donors (Lipinski definition) is 23. The van der Waals surface area contributed by atoms with Gasteiger partial charge in [0, 0.05) is 19.4 Å². The van der Waals surface area contributed by atoms with Crippen LogP contribution in [-0.4, -0.2) is 413 Å². The lowest BCUT2D eigenvalue weighted by Crippen LogP contribution is -2.68. The van der Waals surface area contributed by atoms with Gasteiger partial charge in [0.1, 0.15) is 189 Å². The maximum atomic E-state index is 11.9. The van der Waals surface area contributed by atoms with Gasteiger partial charge in [0.05, 0.1) is 65.1 Å². The molecule has 0 spiro atoms. The number of nitrogens with one attached hydrogen (secondary N) is 1. The first kappa shape index (κ1) is 85.9. The van der Waals surface area contributed by atoms with E-state index in [4.69, 9.17) is 71.1 Å². The molecule has 0 radical (unpaired) electrons. The molecular weight excluding hydrogens is 1520 g/mol. The number of rotatable bonds is 15. The first-order chi connectivity index (χ1) is 54.3. The summed E-state index contributed by atoms with van der Waals surface area (Å²) in [7, 11) is 0. The standard InChI is InChI=1S/C49H79N3O37.C22H21NO/c53-4-15-12(60)1-13(75-15)11-2-52(51-50-11)3-14-36-22(61)29(68)43(76-14)84-37-16(5-54)78-45(31(70)24(37)63)86-39-18(7-56)80-47(33(72)26(39)65)88-41-20(9-58)82-49(35(74)28(41)67)89-42-21(10-59)81-48(34(73)27(42)66)87-40-19(8-57)79-46(32(71)25(40)64)85-38-17(6-55)77-44(83-36)30(69)23(38)62;1-2-14-23-20(24)13-11-15-6-7-18-9-8-16-4-3-5-17-10-12-19(15)22(18)21(16)17/h2,12-49,53-74H,1,3-10H2;3-10,12H,2,11,13-14H2,1H3,(H,23,24)/t12-,13+,14+,15+,16+,17+,18+,19+,20+,21+,22+,23+,24+,25+,26+,27+,28+,29+,30+,31+,32+,33+,34+,35+,36+,37+,38+,39+,40+,41+,42+,43+,44+,45+,46+,47+,48+,49+;/m0./s1. The number of nitrogens with zero attached hydrogens (tertiary/aromatic N) is 3. The van der Waals surface area contributed by atoms with Crippen molar-refractivity contribution in [2.45, 2.75) is 272 Å². The highest BCUT2D eigenvalue weighted by Gasteiger charge is 2.60. The van der Waals surface area contributed by atoms with E-state index in [9.17, 15) is 117 Å². The summed E-state index contributed by atoms with van der Waals surface area (Å²) in [5.74, 6) is 0.141. The first-order valence-corrected chi connectivity index (χ1v) is 37.4. The lowest BCUT2D eigenvalue weighted by Gasteiger charge is -2.50. The topological polar surface area (TPSA) is 643 Å². The number of carbonyl (C=O) groups is 1. The van der Waals surface area contributed by atoms with Crippen LogP contribution < -0.4 is 5.32 Å². The molecule has 42 heteroatoms. The number of aromatic nitrogens is 3. The van der Waals surface area contributed by atoms with Crippen LogP contribution >= 0.6 is 0 Å². The molecule has 5 aromatic rings. The van der Waals surface area contributed by atoms with E-state index in [1.54, 1.807) is 0 Å². The van der Waals surface area contributed by atoms with Gasteiger partial charge in [-0.25, -0.2) is 4.68 Å². The minimum Gasteiger partial charge on any atom is -0.394 e.